The van der Waals surface area contributed by atoms with Crippen molar-refractivity contribution in [3.8, 4) is 5.75 Å². The summed E-state index contributed by atoms with van der Waals surface area (Å²) in [6.07, 6.45) is 2.87. The quantitative estimate of drug-likeness (QED) is 0.744. The second-order valence-electron chi connectivity index (χ2n) is 5.66. The first kappa shape index (κ1) is 16.3. The van der Waals surface area contributed by atoms with Gasteiger partial charge < -0.3 is 9.47 Å². The normalized spacial score (nSPS) is 22.1. The largest absolute Gasteiger partial charge is 0.487 e. The molecule has 3 nitrogen and oxygen atoms in total. The summed E-state index contributed by atoms with van der Waals surface area (Å²) in [6, 6.07) is 4.73. The van der Waals surface area contributed by atoms with Gasteiger partial charge in [0, 0.05) is 4.47 Å². The standard InChI is InChI=1S/C16H20BrFO3/c1-10(2)20-16(19)11-4-3-5-13(8-11)21-15-7-6-12(17)9-14(15)18/h6-7,9-11,13H,3-5,8H2,1-2H3/t11-,13-/m0/s1. The molecule has 0 bridgehead atoms. The van der Waals surface area contributed by atoms with E-state index < -0.39 is 5.82 Å². The second-order valence-corrected chi connectivity index (χ2v) is 6.58. The zero-order chi connectivity index (χ0) is 15.4. The van der Waals surface area contributed by atoms with Gasteiger partial charge >= 0.3 is 5.97 Å². The predicted octanol–water partition coefficient (Wildman–Crippen LogP) is 4.48. The van der Waals surface area contributed by atoms with Gasteiger partial charge in [0.15, 0.2) is 11.6 Å². The highest BCUT2D eigenvalue weighted by Crippen LogP contribution is 2.30. The van der Waals surface area contributed by atoms with Gasteiger partial charge in [0.25, 0.3) is 0 Å². The summed E-state index contributed by atoms with van der Waals surface area (Å²) in [6.45, 7) is 3.68. The third-order valence-corrected chi connectivity index (χ3v) is 3.99. The van der Waals surface area contributed by atoms with Crippen LogP contribution in [0.2, 0.25) is 0 Å². The molecule has 0 radical (unpaired) electrons. The molecule has 2 rings (SSSR count). The molecule has 0 heterocycles. The Balaban J connectivity index is 1.96. The molecular formula is C16H20BrFO3. The van der Waals surface area contributed by atoms with Gasteiger partial charge in [0.2, 0.25) is 0 Å². The van der Waals surface area contributed by atoms with Crippen molar-refractivity contribution in [1.29, 1.82) is 0 Å². The fourth-order valence-electron chi connectivity index (χ4n) is 2.54. The fraction of sp³-hybridized carbons (Fsp3) is 0.562. The Kier molecular flexibility index (Phi) is 5.62. The van der Waals surface area contributed by atoms with Crippen LogP contribution in [0.4, 0.5) is 4.39 Å². The topological polar surface area (TPSA) is 35.5 Å². The molecule has 1 aliphatic rings. The van der Waals surface area contributed by atoms with Crippen LogP contribution in [0.1, 0.15) is 39.5 Å². The van der Waals surface area contributed by atoms with Gasteiger partial charge in [-0.2, -0.15) is 0 Å². The van der Waals surface area contributed by atoms with Crippen LogP contribution in [0.5, 0.6) is 5.75 Å². The number of hydrogen-bond acceptors (Lipinski definition) is 3. The Morgan fingerprint density at radius 2 is 2.14 bits per heavy atom. The minimum Gasteiger partial charge on any atom is -0.487 e. The number of ether oxygens (including phenoxy) is 2. The maximum Gasteiger partial charge on any atom is 0.309 e. The number of carbonyl (C=O) groups is 1. The number of esters is 1. The number of carbonyl (C=O) groups excluding carboxylic acids is 1. The van der Waals surface area contributed by atoms with Gasteiger partial charge in [0.05, 0.1) is 18.1 Å². The molecule has 1 aliphatic carbocycles. The molecule has 0 amide bonds. The van der Waals surface area contributed by atoms with Crippen LogP contribution in [0, 0.1) is 11.7 Å². The average Bonchev–Trinajstić information content (AvgIpc) is 2.41. The van der Waals surface area contributed by atoms with E-state index >= 15 is 0 Å². The number of halogens is 2. The van der Waals surface area contributed by atoms with Gasteiger partial charge in [-0.05, 0) is 57.7 Å². The molecule has 5 heteroatoms. The molecule has 0 spiro atoms. The molecule has 2 atom stereocenters. The summed E-state index contributed by atoms with van der Waals surface area (Å²) in [5.41, 5.74) is 0. The highest BCUT2D eigenvalue weighted by atomic mass is 79.9. The van der Waals surface area contributed by atoms with E-state index in [4.69, 9.17) is 9.47 Å². The lowest BCUT2D eigenvalue weighted by Gasteiger charge is -2.29. The first-order valence-electron chi connectivity index (χ1n) is 7.28. The van der Waals surface area contributed by atoms with Gasteiger partial charge in [-0.3, -0.25) is 4.79 Å². The third kappa shape index (κ3) is 4.70. The first-order chi connectivity index (χ1) is 9.95. The summed E-state index contributed by atoms with van der Waals surface area (Å²) < 4.78 is 25.4. The monoisotopic (exact) mass is 358 g/mol. The molecule has 0 saturated heterocycles. The van der Waals surface area contributed by atoms with Crippen molar-refractivity contribution in [3.63, 3.8) is 0 Å². The molecule has 0 aliphatic heterocycles. The zero-order valence-corrected chi connectivity index (χ0v) is 13.9. The van der Waals surface area contributed by atoms with Crippen molar-refractivity contribution < 1.29 is 18.7 Å². The summed E-state index contributed by atoms with van der Waals surface area (Å²) in [5.74, 6) is -0.475. The van der Waals surface area contributed by atoms with Crippen LogP contribution < -0.4 is 4.74 Å². The SMILES string of the molecule is CC(C)OC(=O)[C@H]1CCC[C@H](Oc2ccc(Br)cc2F)C1. The Morgan fingerprint density at radius 3 is 2.81 bits per heavy atom. The number of hydrogen-bond donors (Lipinski definition) is 0. The molecule has 0 aromatic heterocycles. The molecule has 21 heavy (non-hydrogen) atoms. The average molecular weight is 359 g/mol. The van der Waals surface area contributed by atoms with E-state index in [9.17, 15) is 9.18 Å². The van der Waals surface area contributed by atoms with Crippen LogP contribution in [0.3, 0.4) is 0 Å². The summed E-state index contributed by atoms with van der Waals surface area (Å²) in [5, 5.41) is 0. The summed E-state index contributed by atoms with van der Waals surface area (Å²) in [4.78, 5) is 12.0. The molecule has 1 aromatic rings. The van der Waals surface area contributed by atoms with Crippen molar-refractivity contribution in [2.24, 2.45) is 5.92 Å². The lowest BCUT2D eigenvalue weighted by atomic mass is 9.87. The molecule has 1 fully saturated rings. The van der Waals surface area contributed by atoms with Crippen molar-refractivity contribution >= 4 is 21.9 Å². The van der Waals surface area contributed by atoms with Crippen LogP contribution in [-0.2, 0) is 9.53 Å². The Hall–Kier alpha value is -1.10. The summed E-state index contributed by atoms with van der Waals surface area (Å²) >= 11 is 3.22. The Labute approximate surface area is 132 Å². The van der Waals surface area contributed by atoms with E-state index in [0.29, 0.717) is 10.9 Å². The summed E-state index contributed by atoms with van der Waals surface area (Å²) in [7, 11) is 0. The van der Waals surface area contributed by atoms with Gasteiger partial charge in [-0.15, -0.1) is 0 Å². The van der Waals surface area contributed by atoms with E-state index in [1.807, 2.05) is 13.8 Å². The minimum absolute atomic E-state index is 0.109. The van der Waals surface area contributed by atoms with E-state index in [0.717, 1.165) is 19.3 Å². The maximum atomic E-state index is 13.8. The minimum atomic E-state index is -0.392. The lowest BCUT2D eigenvalue weighted by Crippen LogP contribution is -2.31. The molecule has 0 unspecified atom stereocenters. The molecule has 1 aromatic carbocycles. The Bertz CT molecular complexity index is 504. The fourth-order valence-corrected chi connectivity index (χ4v) is 2.88. The first-order valence-corrected chi connectivity index (χ1v) is 8.07. The van der Waals surface area contributed by atoms with Crippen molar-refractivity contribution in [2.75, 3.05) is 0 Å². The molecule has 116 valence electrons. The van der Waals surface area contributed by atoms with E-state index in [-0.39, 0.29) is 29.8 Å². The zero-order valence-electron chi connectivity index (χ0n) is 12.3. The smallest absolute Gasteiger partial charge is 0.309 e. The lowest BCUT2D eigenvalue weighted by molar-refractivity contribution is -0.154. The van der Waals surface area contributed by atoms with Crippen molar-refractivity contribution in [3.05, 3.63) is 28.5 Å². The molecule has 1 saturated carbocycles. The van der Waals surface area contributed by atoms with Gasteiger partial charge in [0.1, 0.15) is 0 Å². The number of rotatable bonds is 4. The van der Waals surface area contributed by atoms with Crippen LogP contribution >= 0.6 is 15.9 Å². The second kappa shape index (κ2) is 7.25. The highest BCUT2D eigenvalue weighted by molar-refractivity contribution is 9.10. The van der Waals surface area contributed by atoms with Crippen LogP contribution in [-0.4, -0.2) is 18.2 Å². The predicted molar refractivity (Wildman–Crippen MR) is 81.7 cm³/mol. The van der Waals surface area contributed by atoms with Crippen molar-refractivity contribution in [2.45, 2.75) is 51.7 Å². The molecule has 0 N–H and O–H groups in total. The Morgan fingerprint density at radius 1 is 1.38 bits per heavy atom. The van der Waals surface area contributed by atoms with Gasteiger partial charge in [-0.25, -0.2) is 4.39 Å². The number of benzene rings is 1. The molecular weight excluding hydrogens is 339 g/mol. The van der Waals surface area contributed by atoms with E-state index in [1.54, 1.807) is 12.1 Å². The van der Waals surface area contributed by atoms with E-state index in [1.165, 1.54) is 6.07 Å². The maximum absolute atomic E-state index is 13.8. The third-order valence-electron chi connectivity index (χ3n) is 3.50. The van der Waals surface area contributed by atoms with Crippen molar-refractivity contribution in [1.82, 2.24) is 0 Å². The van der Waals surface area contributed by atoms with E-state index in [2.05, 4.69) is 15.9 Å². The van der Waals surface area contributed by atoms with Crippen LogP contribution in [0.15, 0.2) is 22.7 Å². The highest BCUT2D eigenvalue weighted by Gasteiger charge is 2.30. The van der Waals surface area contributed by atoms with Crippen LogP contribution in [0.25, 0.3) is 0 Å². The van der Waals surface area contributed by atoms with Gasteiger partial charge in [-0.1, -0.05) is 15.9 Å².